The number of rotatable bonds is 3. The molecule has 1 aromatic rings. The Bertz CT molecular complexity index is 442. The number of amides is 1. The second kappa shape index (κ2) is 5.21. The number of cyclic esters (lactones) is 1. The molecule has 0 radical (unpaired) electrons. The molecule has 0 unspecified atom stereocenters. The number of carbonyl (C=O) groups is 2. The van der Waals surface area contributed by atoms with E-state index in [0.717, 1.165) is 5.56 Å². The Morgan fingerprint density at radius 2 is 1.89 bits per heavy atom. The summed E-state index contributed by atoms with van der Waals surface area (Å²) in [6, 6.07) is 9.00. The van der Waals surface area contributed by atoms with Crippen LogP contribution in [-0.2, 0) is 20.7 Å². The van der Waals surface area contributed by atoms with Crippen molar-refractivity contribution in [1.29, 1.82) is 0 Å². The van der Waals surface area contributed by atoms with Crippen molar-refractivity contribution in [3.8, 4) is 0 Å². The average molecular weight is 247 g/mol. The van der Waals surface area contributed by atoms with Crippen molar-refractivity contribution < 1.29 is 14.3 Å². The molecule has 4 heteroatoms. The first-order valence-corrected chi connectivity index (χ1v) is 6.12. The van der Waals surface area contributed by atoms with Gasteiger partial charge in [0, 0.05) is 6.42 Å². The van der Waals surface area contributed by atoms with Crippen molar-refractivity contribution in [2.24, 2.45) is 5.92 Å². The first-order chi connectivity index (χ1) is 8.58. The van der Waals surface area contributed by atoms with Gasteiger partial charge in [-0.3, -0.25) is 4.79 Å². The predicted molar refractivity (Wildman–Crippen MR) is 66.8 cm³/mol. The van der Waals surface area contributed by atoms with Crippen LogP contribution in [0.5, 0.6) is 0 Å². The number of hydrogen-bond acceptors (Lipinski definition) is 3. The van der Waals surface area contributed by atoms with Gasteiger partial charge >= 0.3 is 5.97 Å². The number of esters is 1. The minimum atomic E-state index is -0.662. The molecule has 0 bridgehead atoms. The van der Waals surface area contributed by atoms with Crippen molar-refractivity contribution in [1.82, 2.24) is 5.32 Å². The van der Waals surface area contributed by atoms with E-state index < -0.39 is 12.1 Å². The highest BCUT2D eigenvalue weighted by molar-refractivity contribution is 5.92. The van der Waals surface area contributed by atoms with Gasteiger partial charge in [-0.15, -0.1) is 0 Å². The Morgan fingerprint density at radius 3 is 2.50 bits per heavy atom. The summed E-state index contributed by atoms with van der Waals surface area (Å²) in [5, 5.41) is 2.73. The second-order valence-corrected chi connectivity index (χ2v) is 4.85. The number of hydrogen-bond donors (Lipinski definition) is 1. The Labute approximate surface area is 106 Å². The zero-order valence-corrected chi connectivity index (χ0v) is 10.6. The lowest BCUT2D eigenvalue weighted by atomic mass is 10.0. The maximum Gasteiger partial charge on any atom is 0.329 e. The van der Waals surface area contributed by atoms with Crippen molar-refractivity contribution in [3.05, 3.63) is 35.9 Å². The van der Waals surface area contributed by atoms with Gasteiger partial charge < -0.3 is 10.1 Å². The number of nitrogens with one attached hydrogen (secondary N) is 1. The molecule has 1 N–H and O–H groups in total. The van der Waals surface area contributed by atoms with Gasteiger partial charge in [0.1, 0.15) is 6.04 Å². The molecule has 1 fully saturated rings. The van der Waals surface area contributed by atoms with Crippen LogP contribution < -0.4 is 5.32 Å². The molecule has 2 rings (SSSR count). The lowest BCUT2D eigenvalue weighted by molar-refractivity contribution is -0.168. The fourth-order valence-corrected chi connectivity index (χ4v) is 2.00. The maximum absolute atomic E-state index is 11.8. The molecule has 1 aliphatic heterocycles. The fraction of sp³-hybridized carbons (Fsp3) is 0.429. The molecule has 96 valence electrons. The van der Waals surface area contributed by atoms with Gasteiger partial charge in [-0.05, 0) is 11.5 Å². The lowest BCUT2D eigenvalue weighted by Gasteiger charge is -2.30. The molecule has 4 nitrogen and oxygen atoms in total. The molecule has 1 aromatic carbocycles. The molecular weight excluding hydrogens is 230 g/mol. The summed E-state index contributed by atoms with van der Waals surface area (Å²) in [6.45, 7) is 3.71. The van der Waals surface area contributed by atoms with Crippen molar-refractivity contribution in [3.63, 3.8) is 0 Å². The monoisotopic (exact) mass is 247 g/mol. The first-order valence-electron chi connectivity index (χ1n) is 6.12. The van der Waals surface area contributed by atoms with Crippen molar-refractivity contribution in [2.45, 2.75) is 32.4 Å². The van der Waals surface area contributed by atoms with Crippen LogP contribution in [0.2, 0.25) is 0 Å². The van der Waals surface area contributed by atoms with Crippen LogP contribution in [0.15, 0.2) is 30.3 Å². The standard InChI is InChI=1S/C14H17NO3/c1-9(2)12-13(16)15-11(14(17)18-12)8-10-6-4-3-5-7-10/h3-7,9,11-12H,8H2,1-2H3,(H,15,16)/t11-,12+/m0/s1. The molecule has 1 aliphatic rings. The summed E-state index contributed by atoms with van der Waals surface area (Å²) in [7, 11) is 0. The van der Waals surface area contributed by atoms with Crippen LogP contribution in [0, 0.1) is 5.92 Å². The molecule has 18 heavy (non-hydrogen) atoms. The molecule has 0 spiro atoms. The van der Waals surface area contributed by atoms with Crippen LogP contribution in [0.1, 0.15) is 19.4 Å². The quantitative estimate of drug-likeness (QED) is 0.819. The molecule has 0 saturated carbocycles. The molecule has 1 saturated heterocycles. The highest BCUT2D eigenvalue weighted by Crippen LogP contribution is 2.15. The van der Waals surface area contributed by atoms with Crippen LogP contribution in [-0.4, -0.2) is 24.0 Å². The number of carbonyl (C=O) groups excluding carboxylic acids is 2. The van der Waals surface area contributed by atoms with E-state index in [1.165, 1.54) is 0 Å². The summed E-state index contributed by atoms with van der Waals surface area (Å²) in [6.07, 6.45) is -0.194. The highest BCUT2D eigenvalue weighted by atomic mass is 16.6. The lowest BCUT2D eigenvalue weighted by Crippen LogP contribution is -2.56. The Balaban J connectivity index is 2.04. The fourth-order valence-electron chi connectivity index (χ4n) is 2.00. The number of morpholine rings is 1. The summed E-state index contributed by atoms with van der Waals surface area (Å²) >= 11 is 0. The maximum atomic E-state index is 11.8. The van der Waals surface area contributed by atoms with Crippen LogP contribution in [0.25, 0.3) is 0 Å². The third kappa shape index (κ3) is 2.70. The minimum absolute atomic E-state index is 0.00775. The third-order valence-electron chi connectivity index (χ3n) is 2.99. The van der Waals surface area contributed by atoms with Gasteiger partial charge in [0.2, 0.25) is 0 Å². The van der Waals surface area contributed by atoms with E-state index in [-0.39, 0.29) is 17.8 Å². The molecule has 1 amide bonds. The number of benzene rings is 1. The number of ether oxygens (including phenoxy) is 1. The van der Waals surface area contributed by atoms with Crippen LogP contribution in [0.4, 0.5) is 0 Å². The van der Waals surface area contributed by atoms with E-state index in [2.05, 4.69) is 5.32 Å². The van der Waals surface area contributed by atoms with Gasteiger partial charge in [0.15, 0.2) is 6.10 Å². The zero-order valence-electron chi connectivity index (χ0n) is 10.6. The van der Waals surface area contributed by atoms with E-state index in [4.69, 9.17) is 4.74 Å². The van der Waals surface area contributed by atoms with E-state index in [1.807, 2.05) is 44.2 Å². The first kappa shape index (κ1) is 12.6. The van der Waals surface area contributed by atoms with Crippen molar-refractivity contribution in [2.75, 3.05) is 0 Å². The topological polar surface area (TPSA) is 55.4 Å². The summed E-state index contributed by atoms with van der Waals surface area (Å²) in [5.41, 5.74) is 1.00. The van der Waals surface area contributed by atoms with Crippen LogP contribution in [0.3, 0.4) is 0 Å². The molecular formula is C14H17NO3. The highest BCUT2D eigenvalue weighted by Gasteiger charge is 2.37. The van der Waals surface area contributed by atoms with E-state index in [1.54, 1.807) is 0 Å². The van der Waals surface area contributed by atoms with Crippen molar-refractivity contribution >= 4 is 11.9 Å². The van der Waals surface area contributed by atoms with Gasteiger partial charge in [0.05, 0.1) is 0 Å². The zero-order chi connectivity index (χ0) is 13.1. The second-order valence-electron chi connectivity index (χ2n) is 4.85. The Kier molecular flexibility index (Phi) is 3.65. The molecule has 2 atom stereocenters. The normalized spacial score (nSPS) is 23.7. The summed E-state index contributed by atoms with van der Waals surface area (Å²) < 4.78 is 5.19. The summed E-state index contributed by atoms with van der Waals surface area (Å²) in [5.74, 6) is -0.561. The predicted octanol–water partition coefficient (Wildman–Crippen LogP) is 1.30. The average Bonchev–Trinajstić information content (AvgIpc) is 2.34. The van der Waals surface area contributed by atoms with E-state index >= 15 is 0 Å². The minimum Gasteiger partial charge on any atom is -0.450 e. The molecule has 0 aliphatic carbocycles. The third-order valence-corrected chi connectivity index (χ3v) is 2.99. The van der Waals surface area contributed by atoms with Gasteiger partial charge in [-0.2, -0.15) is 0 Å². The van der Waals surface area contributed by atoms with Gasteiger partial charge in [-0.1, -0.05) is 44.2 Å². The smallest absolute Gasteiger partial charge is 0.329 e. The SMILES string of the molecule is CC(C)[C@H]1OC(=O)[C@H](Cc2ccccc2)NC1=O. The Hall–Kier alpha value is -1.84. The summed E-state index contributed by atoms with van der Waals surface area (Å²) in [4.78, 5) is 23.6. The van der Waals surface area contributed by atoms with Gasteiger partial charge in [0.25, 0.3) is 5.91 Å². The van der Waals surface area contributed by atoms with E-state index in [0.29, 0.717) is 6.42 Å². The Morgan fingerprint density at radius 1 is 1.22 bits per heavy atom. The molecule has 1 heterocycles. The van der Waals surface area contributed by atoms with Crippen LogP contribution >= 0.6 is 0 Å². The van der Waals surface area contributed by atoms with E-state index in [9.17, 15) is 9.59 Å². The molecule has 0 aromatic heterocycles. The largest absolute Gasteiger partial charge is 0.450 e. The van der Waals surface area contributed by atoms with Gasteiger partial charge in [-0.25, -0.2) is 4.79 Å².